The number of carbonyl (C=O) groups excluding carboxylic acids is 2. The van der Waals surface area contributed by atoms with Crippen molar-refractivity contribution in [3.63, 3.8) is 0 Å². The van der Waals surface area contributed by atoms with Gasteiger partial charge in [-0.1, -0.05) is 29.3 Å². The zero-order valence-corrected chi connectivity index (χ0v) is 15.8. The van der Waals surface area contributed by atoms with Crippen molar-refractivity contribution >= 4 is 29.1 Å². The van der Waals surface area contributed by atoms with Gasteiger partial charge in [0, 0.05) is 23.7 Å². The molecule has 26 heavy (non-hydrogen) atoms. The van der Waals surface area contributed by atoms with E-state index in [9.17, 15) is 9.59 Å². The van der Waals surface area contributed by atoms with E-state index in [1.165, 1.54) is 0 Å². The summed E-state index contributed by atoms with van der Waals surface area (Å²) in [6.45, 7) is 4.51. The smallest absolute Gasteiger partial charge is 0.254 e. The van der Waals surface area contributed by atoms with Gasteiger partial charge >= 0.3 is 0 Å². The molecule has 1 heterocycles. The van der Waals surface area contributed by atoms with Gasteiger partial charge in [-0.05, 0) is 44.2 Å². The number of methoxy groups -OCH3 is 1. The second kappa shape index (κ2) is 7.38. The molecule has 1 aliphatic rings. The summed E-state index contributed by atoms with van der Waals surface area (Å²) in [5.74, 6) is 0.290. The van der Waals surface area contributed by atoms with E-state index in [-0.39, 0.29) is 11.8 Å². The van der Waals surface area contributed by atoms with Crippen molar-refractivity contribution < 1.29 is 14.3 Å². The number of hydrogen-bond acceptors (Lipinski definition) is 3. The Morgan fingerprint density at radius 3 is 2.65 bits per heavy atom. The predicted octanol–water partition coefficient (Wildman–Crippen LogP) is 3.53. The van der Waals surface area contributed by atoms with Crippen molar-refractivity contribution in [3.05, 3.63) is 58.6 Å². The highest BCUT2D eigenvalue weighted by Crippen LogP contribution is 2.33. The average Bonchev–Trinajstić information content (AvgIpc) is 2.63. The van der Waals surface area contributed by atoms with Crippen LogP contribution in [0.4, 0.5) is 5.69 Å². The molecule has 0 radical (unpaired) electrons. The van der Waals surface area contributed by atoms with Crippen molar-refractivity contribution in [2.45, 2.75) is 19.9 Å². The fraction of sp³-hybridized carbons (Fsp3) is 0.300. The van der Waals surface area contributed by atoms with Gasteiger partial charge in [0.05, 0.1) is 12.8 Å². The number of piperazine rings is 1. The van der Waals surface area contributed by atoms with E-state index in [1.54, 1.807) is 48.1 Å². The van der Waals surface area contributed by atoms with Crippen LogP contribution in [0.25, 0.3) is 0 Å². The number of carbonyl (C=O) groups is 2. The Balaban J connectivity index is 1.85. The van der Waals surface area contributed by atoms with Gasteiger partial charge in [-0.25, -0.2) is 0 Å². The molecule has 5 nitrogen and oxygen atoms in total. The molecule has 1 aliphatic heterocycles. The first-order chi connectivity index (χ1) is 12.4. The highest BCUT2D eigenvalue weighted by Gasteiger charge is 2.36. The third-order valence-corrected chi connectivity index (χ3v) is 4.85. The fourth-order valence-corrected chi connectivity index (χ4v) is 3.37. The number of aryl methyl sites for hydroxylation is 1. The van der Waals surface area contributed by atoms with Gasteiger partial charge in [0.15, 0.2) is 0 Å². The first kappa shape index (κ1) is 18.3. The monoisotopic (exact) mass is 372 g/mol. The maximum atomic E-state index is 13.0. The molecular formula is C20H21ClN2O3. The zero-order chi connectivity index (χ0) is 18.8. The molecule has 136 valence electrons. The van der Waals surface area contributed by atoms with E-state index in [0.717, 1.165) is 5.56 Å². The Morgan fingerprint density at radius 2 is 1.96 bits per heavy atom. The maximum absolute atomic E-state index is 13.0. The van der Waals surface area contributed by atoms with Crippen molar-refractivity contribution in [1.29, 1.82) is 0 Å². The van der Waals surface area contributed by atoms with Gasteiger partial charge in [0.1, 0.15) is 11.8 Å². The van der Waals surface area contributed by atoms with Gasteiger partial charge in [-0.2, -0.15) is 0 Å². The molecular weight excluding hydrogens is 352 g/mol. The SMILES string of the molecule is COc1ccc(Cl)cc1N1CCN(C(=O)c2cccc(C)c2)C(C)C1=O. The summed E-state index contributed by atoms with van der Waals surface area (Å²) in [6, 6.07) is 12.0. The first-order valence-corrected chi connectivity index (χ1v) is 8.82. The molecule has 0 bridgehead atoms. The summed E-state index contributed by atoms with van der Waals surface area (Å²) >= 11 is 6.09. The Labute approximate surface area is 158 Å². The highest BCUT2D eigenvalue weighted by atomic mass is 35.5. The minimum atomic E-state index is -0.569. The summed E-state index contributed by atoms with van der Waals surface area (Å²) in [6.07, 6.45) is 0. The van der Waals surface area contributed by atoms with Crippen LogP contribution in [0.15, 0.2) is 42.5 Å². The Hall–Kier alpha value is -2.53. The molecule has 0 saturated carbocycles. The molecule has 1 atom stereocenters. The van der Waals surface area contributed by atoms with E-state index >= 15 is 0 Å². The largest absolute Gasteiger partial charge is 0.495 e. The first-order valence-electron chi connectivity index (χ1n) is 8.45. The molecule has 1 saturated heterocycles. The number of nitrogens with zero attached hydrogens (tertiary/aromatic N) is 2. The van der Waals surface area contributed by atoms with Crippen molar-refractivity contribution in [1.82, 2.24) is 4.90 Å². The van der Waals surface area contributed by atoms with Gasteiger partial charge in [-0.3, -0.25) is 9.59 Å². The average molecular weight is 373 g/mol. The second-order valence-electron chi connectivity index (χ2n) is 6.35. The quantitative estimate of drug-likeness (QED) is 0.828. The molecule has 3 rings (SSSR count). The molecule has 1 fully saturated rings. The van der Waals surface area contributed by atoms with E-state index in [1.807, 2.05) is 25.1 Å². The van der Waals surface area contributed by atoms with Crippen molar-refractivity contribution in [2.24, 2.45) is 0 Å². The van der Waals surface area contributed by atoms with Gasteiger partial charge < -0.3 is 14.5 Å². The van der Waals surface area contributed by atoms with Crippen LogP contribution >= 0.6 is 11.6 Å². The standard InChI is InChI=1S/C20H21ClN2O3/c1-13-5-4-6-15(11-13)20(25)22-9-10-23(19(24)14(22)2)17-12-16(21)7-8-18(17)26-3/h4-8,11-12,14H,9-10H2,1-3H3. The molecule has 6 heteroatoms. The predicted molar refractivity (Wildman–Crippen MR) is 102 cm³/mol. The number of anilines is 1. The van der Waals surface area contributed by atoms with Gasteiger partial charge in [0.25, 0.3) is 5.91 Å². The van der Waals surface area contributed by atoms with Crippen LogP contribution in [-0.4, -0.2) is 43.0 Å². The number of rotatable bonds is 3. The lowest BCUT2D eigenvalue weighted by Crippen LogP contribution is -2.57. The second-order valence-corrected chi connectivity index (χ2v) is 6.79. The Morgan fingerprint density at radius 1 is 1.19 bits per heavy atom. The van der Waals surface area contributed by atoms with E-state index in [0.29, 0.717) is 35.1 Å². The Kier molecular flexibility index (Phi) is 5.18. The minimum Gasteiger partial charge on any atom is -0.495 e. The zero-order valence-electron chi connectivity index (χ0n) is 15.0. The number of halogens is 1. The third kappa shape index (κ3) is 3.40. The van der Waals surface area contributed by atoms with Gasteiger partial charge in [0.2, 0.25) is 5.91 Å². The number of amides is 2. The molecule has 2 aromatic carbocycles. The molecule has 0 aromatic heterocycles. The van der Waals surface area contributed by atoms with Crippen LogP contribution in [0.1, 0.15) is 22.8 Å². The summed E-state index contributed by atoms with van der Waals surface area (Å²) < 4.78 is 5.36. The van der Waals surface area contributed by atoms with Crippen molar-refractivity contribution in [2.75, 3.05) is 25.1 Å². The fourth-order valence-electron chi connectivity index (χ4n) is 3.21. The van der Waals surface area contributed by atoms with E-state index in [2.05, 4.69) is 0 Å². The van der Waals surface area contributed by atoms with E-state index in [4.69, 9.17) is 16.3 Å². The third-order valence-electron chi connectivity index (χ3n) is 4.61. The van der Waals surface area contributed by atoms with Crippen LogP contribution in [0.3, 0.4) is 0 Å². The van der Waals surface area contributed by atoms with Gasteiger partial charge in [-0.15, -0.1) is 0 Å². The number of benzene rings is 2. The summed E-state index contributed by atoms with van der Waals surface area (Å²) in [5, 5.41) is 0.527. The lowest BCUT2D eigenvalue weighted by atomic mass is 10.1. The highest BCUT2D eigenvalue weighted by molar-refractivity contribution is 6.31. The lowest BCUT2D eigenvalue weighted by molar-refractivity contribution is -0.124. The van der Waals surface area contributed by atoms with Crippen LogP contribution < -0.4 is 9.64 Å². The summed E-state index contributed by atoms with van der Waals surface area (Å²) in [7, 11) is 1.55. The molecule has 0 N–H and O–H groups in total. The van der Waals surface area contributed by atoms with E-state index < -0.39 is 6.04 Å². The summed E-state index contributed by atoms with van der Waals surface area (Å²) in [5.41, 5.74) is 2.23. The molecule has 0 aliphatic carbocycles. The summed E-state index contributed by atoms with van der Waals surface area (Å²) in [4.78, 5) is 29.0. The molecule has 2 aromatic rings. The van der Waals surface area contributed by atoms with Crippen LogP contribution in [-0.2, 0) is 4.79 Å². The van der Waals surface area contributed by atoms with Crippen LogP contribution in [0, 0.1) is 6.92 Å². The minimum absolute atomic E-state index is 0.132. The number of ether oxygens (including phenoxy) is 1. The Bertz CT molecular complexity index is 853. The molecule has 1 unspecified atom stereocenters. The van der Waals surface area contributed by atoms with Crippen molar-refractivity contribution in [3.8, 4) is 5.75 Å². The van der Waals surface area contributed by atoms with Crippen LogP contribution in [0.5, 0.6) is 5.75 Å². The molecule has 2 amide bonds. The normalized spacial score (nSPS) is 17.4. The molecule has 0 spiro atoms. The topological polar surface area (TPSA) is 49.9 Å². The lowest BCUT2D eigenvalue weighted by Gasteiger charge is -2.39. The maximum Gasteiger partial charge on any atom is 0.254 e. The number of hydrogen-bond donors (Lipinski definition) is 0. The van der Waals surface area contributed by atoms with Crippen LogP contribution in [0.2, 0.25) is 5.02 Å².